The average molecular weight is 348 g/mol. The highest BCUT2D eigenvalue weighted by Gasteiger charge is 2.06. The lowest BCUT2D eigenvalue weighted by atomic mass is 10.1. The number of carbonyl (C=O) groups excluding carboxylic acids is 1. The normalized spacial score (nSPS) is 10.8. The van der Waals surface area contributed by atoms with Crippen LogP contribution >= 0.6 is 11.6 Å². The third-order valence-electron chi connectivity index (χ3n) is 3.49. The Bertz CT molecular complexity index is 739. The molecule has 0 saturated heterocycles. The minimum absolute atomic E-state index is 0.00519. The van der Waals surface area contributed by atoms with E-state index in [2.05, 4.69) is 10.4 Å². The van der Waals surface area contributed by atoms with Gasteiger partial charge in [-0.1, -0.05) is 37.6 Å². The topological polar surface area (TPSA) is 64.0 Å². The number of rotatable bonds is 7. The number of nitrogens with one attached hydrogen (secondary N) is 1. The molecule has 0 spiro atoms. The number of aromatic nitrogens is 2. The molecule has 5 nitrogen and oxygen atoms in total. The first-order chi connectivity index (χ1) is 11.5. The fourth-order valence-electron chi connectivity index (χ4n) is 2.18. The van der Waals surface area contributed by atoms with Gasteiger partial charge in [0.2, 0.25) is 5.91 Å². The van der Waals surface area contributed by atoms with Crippen LogP contribution in [0, 0.1) is 5.92 Å². The van der Waals surface area contributed by atoms with E-state index < -0.39 is 0 Å². The first-order valence-electron chi connectivity index (χ1n) is 8.06. The van der Waals surface area contributed by atoms with E-state index in [1.807, 2.05) is 26.0 Å². The Hall–Kier alpha value is -2.14. The summed E-state index contributed by atoms with van der Waals surface area (Å²) in [4.78, 5) is 23.6. The Kier molecular flexibility index (Phi) is 6.55. The molecule has 0 radical (unpaired) electrons. The number of hydrogen-bond acceptors (Lipinski definition) is 3. The molecular weight excluding hydrogens is 326 g/mol. The maximum absolute atomic E-state index is 11.9. The van der Waals surface area contributed by atoms with Gasteiger partial charge in [-0.3, -0.25) is 9.59 Å². The van der Waals surface area contributed by atoms with Gasteiger partial charge in [-0.05, 0) is 30.5 Å². The fraction of sp³-hybridized carbons (Fsp3) is 0.389. The monoisotopic (exact) mass is 347 g/mol. The summed E-state index contributed by atoms with van der Waals surface area (Å²) in [7, 11) is 0. The average Bonchev–Trinajstić information content (AvgIpc) is 2.55. The minimum Gasteiger partial charge on any atom is -0.356 e. The summed E-state index contributed by atoms with van der Waals surface area (Å²) in [6, 6.07) is 10.5. The van der Waals surface area contributed by atoms with E-state index in [0.29, 0.717) is 42.6 Å². The van der Waals surface area contributed by atoms with Crippen molar-refractivity contribution in [3.05, 3.63) is 51.8 Å². The zero-order valence-corrected chi connectivity index (χ0v) is 14.7. The van der Waals surface area contributed by atoms with Crippen molar-refractivity contribution in [2.24, 2.45) is 5.92 Å². The van der Waals surface area contributed by atoms with Crippen molar-refractivity contribution in [3.63, 3.8) is 0 Å². The van der Waals surface area contributed by atoms with E-state index in [1.165, 1.54) is 10.7 Å². The number of carbonyl (C=O) groups is 1. The van der Waals surface area contributed by atoms with Gasteiger partial charge in [-0.2, -0.15) is 5.10 Å². The maximum atomic E-state index is 11.9. The van der Waals surface area contributed by atoms with E-state index in [-0.39, 0.29) is 11.5 Å². The Morgan fingerprint density at radius 1 is 1.21 bits per heavy atom. The van der Waals surface area contributed by atoms with E-state index in [9.17, 15) is 9.59 Å². The smallest absolute Gasteiger partial charge is 0.266 e. The van der Waals surface area contributed by atoms with Gasteiger partial charge < -0.3 is 5.32 Å². The van der Waals surface area contributed by atoms with Crippen LogP contribution in [0.3, 0.4) is 0 Å². The lowest BCUT2D eigenvalue weighted by Gasteiger charge is -2.09. The Morgan fingerprint density at radius 3 is 2.58 bits per heavy atom. The fourth-order valence-corrected chi connectivity index (χ4v) is 2.31. The van der Waals surface area contributed by atoms with Crippen molar-refractivity contribution in [2.45, 2.75) is 33.2 Å². The van der Waals surface area contributed by atoms with Gasteiger partial charge in [-0.25, -0.2) is 4.68 Å². The van der Waals surface area contributed by atoms with Crippen molar-refractivity contribution in [1.29, 1.82) is 0 Å². The van der Waals surface area contributed by atoms with E-state index in [1.54, 1.807) is 18.2 Å². The quantitative estimate of drug-likeness (QED) is 0.837. The number of hydrogen-bond donors (Lipinski definition) is 1. The van der Waals surface area contributed by atoms with Crippen LogP contribution in [0.2, 0.25) is 5.02 Å². The molecule has 0 fully saturated rings. The second-order valence-electron chi connectivity index (χ2n) is 6.09. The molecule has 2 aromatic rings. The van der Waals surface area contributed by atoms with E-state index >= 15 is 0 Å². The molecule has 1 aromatic carbocycles. The molecule has 0 aliphatic rings. The van der Waals surface area contributed by atoms with Gasteiger partial charge >= 0.3 is 0 Å². The standard InChI is InChI=1S/C18H22ClN3O2/c1-13(2)12-20-17(23)4-3-11-22-18(24)10-9-16(21-22)14-5-7-15(19)8-6-14/h5-10,13H,3-4,11-12H2,1-2H3,(H,20,23). The van der Waals surface area contributed by atoms with Gasteiger partial charge in [0.15, 0.2) is 0 Å². The molecule has 2 rings (SSSR count). The Morgan fingerprint density at radius 2 is 1.92 bits per heavy atom. The second kappa shape index (κ2) is 8.64. The van der Waals surface area contributed by atoms with Gasteiger partial charge in [0, 0.05) is 36.2 Å². The van der Waals surface area contributed by atoms with Crippen molar-refractivity contribution >= 4 is 17.5 Å². The minimum atomic E-state index is -0.171. The van der Waals surface area contributed by atoms with Crippen molar-refractivity contribution in [3.8, 4) is 11.3 Å². The van der Waals surface area contributed by atoms with Crippen molar-refractivity contribution in [2.75, 3.05) is 6.54 Å². The molecule has 6 heteroatoms. The number of halogens is 1. The maximum Gasteiger partial charge on any atom is 0.266 e. The molecule has 0 atom stereocenters. The molecule has 0 aliphatic heterocycles. The summed E-state index contributed by atoms with van der Waals surface area (Å²) in [5.41, 5.74) is 1.42. The van der Waals surface area contributed by atoms with Crippen LogP contribution in [0.5, 0.6) is 0 Å². The molecule has 0 unspecified atom stereocenters. The predicted octanol–water partition coefficient (Wildman–Crippen LogP) is 3.12. The third-order valence-corrected chi connectivity index (χ3v) is 3.74. The second-order valence-corrected chi connectivity index (χ2v) is 6.52. The molecule has 1 heterocycles. The summed E-state index contributed by atoms with van der Waals surface area (Å²) in [5.74, 6) is 0.430. The molecule has 0 saturated carbocycles. The van der Waals surface area contributed by atoms with E-state index in [0.717, 1.165) is 5.56 Å². The molecule has 24 heavy (non-hydrogen) atoms. The van der Waals surface area contributed by atoms with Crippen LogP contribution in [0.15, 0.2) is 41.2 Å². The third kappa shape index (κ3) is 5.49. The first kappa shape index (κ1) is 18.2. The SMILES string of the molecule is CC(C)CNC(=O)CCCn1nc(-c2ccc(Cl)cc2)ccc1=O. The van der Waals surface area contributed by atoms with Crippen LogP contribution < -0.4 is 10.9 Å². The summed E-state index contributed by atoms with van der Waals surface area (Å²) in [5, 5.41) is 7.89. The summed E-state index contributed by atoms with van der Waals surface area (Å²) >= 11 is 5.89. The lowest BCUT2D eigenvalue weighted by molar-refractivity contribution is -0.121. The zero-order valence-electron chi connectivity index (χ0n) is 14.0. The molecule has 1 amide bonds. The number of benzene rings is 1. The molecular formula is C18H22ClN3O2. The summed E-state index contributed by atoms with van der Waals surface area (Å²) in [6.45, 7) is 5.18. The summed E-state index contributed by atoms with van der Waals surface area (Å²) < 4.78 is 1.40. The highest BCUT2D eigenvalue weighted by Crippen LogP contribution is 2.18. The van der Waals surface area contributed by atoms with Crippen LogP contribution in [0.25, 0.3) is 11.3 Å². The largest absolute Gasteiger partial charge is 0.356 e. The number of nitrogens with zero attached hydrogens (tertiary/aromatic N) is 2. The molecule has 1 N–H and O–H groups in total. The van der Waals surface area contributed by atoms with Gasteiger partial charge in [0.1, 0.15) is 0 Å². The van der Waals surface area contributed by atoms with Gasteiger partial charge in [0.25, 0.3) is 5.56 Å². The predicted molar refractivity (Wildman–Crippen MR) is 96.0 cm³/mol. The van der Waals surface area contributed by atoms with Crippen LogP contribution in [-0.2, 0) is 11.3 Å². The number of amides is 1. The van der Waals surface area contributed by atoms with Gasteiger partial charge in [-0.15, -0.1) is 0 Å². The summed E-state index contributed by atoms with van der Waals surface area (Å²) in [6.07, 6.45) is 0.951. The van der Waals surface area contributed by atoms with Crippen molar-refractivity contribution in [1.82, 2.24) is 15.1 Å². The van der Waals surface area contributed by atoms with Crippen molar-refractivity contribution < 1.29 is 4.79 Å². The highest BCUT2D eigenvalue weighted by molar-refractivity contribution is 6.30. The molecule has 0 bridgehead atoms. The zero-order chi connectivity index (χ0) is 17.5. The van der Waals surface area contributed by atoms with E-state index in [4.69, 9.17) is 11.6 Å². The highest BCUT2D eigenvalue weighted by atomic mass is 35.5. The van der Waals surface area contributed by atoms with Crippen LogP contribution in [0.4, 0.5) is 0 Å². The Labute approximate surface area is 146 Å². The van der Waals surface area contributed by atoms with Gasteiger partial charge in [0.05, 0.1) is 5.69 Å². The Balaban J connectivity index is 1.98. The number of aryl methyl sites for hydroxylation is 1. The van der Waals surface area contributed by atoms with Crippen LogP contribution in [-0.4, -0.2) is 22.2 Å². The molecule has 128 valence electrons. The molecule has 0 aliphatic carbocycles. The van der Waals surface area contributed by atoms with Crippen LogP contribution in [0.1, 0.15) is 26.7 Å². The molecule has 1 aromatic heterocycles. The lowest BCUT2D eigenvalue weighted by Crippen LogP contribution is -2.28. The first-order valence-corrected chi connectivity index (χ1v) is 8.44.